The van der Waals surface area contributed by atoms with Crippen LogP contribution >= 0.6 is 0 Å². The minimum Gasteiger partial charge on any atom is -0.357 e. The zero-order valence-electron chi connectivity index (χ0n) is 13.1. The second-order valence-electron chi connectivity index (χ2n) is 5.07. The summed E-state index contributed by atoms with van der Waals surface area (Å²) in [5.74, 6) is 1.61. The van der Waals surface area contributed by atoms with Gasteiger partial charge in [0.05, 0.1) is 12.2 Å². The average Bonchev–Trinajstić information content (AvgIpc) is 2.98. The molecule has 1 aromatic heterocycles. The molecule has 0 aliphatic carbocycles. The summed E-state index contributed by atoms with van der Waals surface area (Å²) >= 11 is 0. The molecule has 0 aliphatic heterocycles. The lowest BCUT2D eigenvalue weighted by molar-refractivity contribution is 0.443. The van der Waals surface area contributed by atoms with Gasteiger partial charge in [0.2, 0.25) is 0 Å². The Morgan fingerprint density at radius 1 is 1.35 bits per heavy atom. The standard InChI is InChI=1S/C15H29N5/c1-4-7-8-13(5-2)11-17-15(16-6-3)18-12-14-9-10-19-20-14/h9-10,13H,4-8,11-12H2,1-3H3,(H,19,20)(H2,16,17,18). The van der Waals surface area contributed by atoms with Crippen LogP contribution in [0.2, 0.25) is 0 Å². The van der Waals surface area contributed by atoms with E-state index in [1.54, 1.807) is 6.20 Å². The van der Waals surface area contributed by atoms with Crippen molar-refractivity contribution in [1.29, 1.82) is 0 Å². The first-order valence-corrected chi connectivity index (χ1v) is 7.80. The molecule has 1 atom stereocenters. The Morgan fingerprint density at radius 3 is 2.80 bits per heavy atom. The molecule has 1 rings (SSSR count). The van der Waals surface area contributed by atoms with Gasteiger partial charge in [-0.3, -0.25) is 5.10 Å². The molecule has 0 saturated carbocycles. The van der Waals surface area contributed by atoms with E-state index >= 15 is 0 Å². The predicted molar refractivity (Wildman–Crippen MR) is 84.7 cm³/mol. The SMILES string of the molecule is CCCCC(CC)CNC(=NCc1ccn[nH]1)NCC. The first-order valence-electron chi connectivity index (χ1n) is 7.80. The van der Waals surface area contributed by atoms with Crippen LogP contribution in [0.5, 0.6) is 0 Å². The molecule has 0 saturated heterocycles. The highest BCUT2D eigenvalue weighted by Crippen LogP contribution is 2.11. The first-order chi connectivity index (χ1) is 9.80. The molecule has 0 amide bonds. The second-order valence-corrected chi connectivity index (χ2v) is 5.07. The lowest BCUT2D eigenvalue weighted by Crippen LogP contribution is -2.39. The summed E-state index contributed by atoms with van der Waals surface area (Å²) in [5, 5.41) is 13.6. The summed E-state index contributed by atoms with van der Waals surface area (Å²) in [5.41, 5.74) is 1.03. The van der Waals surface area contributed by atoms with Crippen molar-refractivity contribution in [2.45, 2.75) is 53.0 Å². The number of H-pyrrole nitrogens is 1. The van der Waals surface area contributed by atoms with E-state index in [-0.39, 0.29) is 0 Å². The van der Waals surface area contributed by atoms with Crippen LogP contribution in [-0.2, 0) is 6.54 Å². The third kappa shape index (κ3) is 6.59. The molecular formula is C15H29N5. The zero-order chi connectivity index (χ0) is 14.6. The fourth-order valence-corrected chi connectivity index (χ4v) is 2.06. The van der Waals surface area contributed by atoms with Crippen molar-refractivity contribution in [3.05, 3.63) is 18.0 Å². The van der Waals surface area contributed by atoms with E-state index in [4.69, 9.17) is 0 Å². The van der Waals surface area contributed by atoms with Gasteiger partial charge in [0.15, 0.2) is 5.96 Å². The molecule has 0 spiro atoms. The third-order valence-electron chi connectivity index (χ3n) is 3.41. The van der Waals surface area contributed by atoms with Crippen LogP contribution in [0.1, 0.15) is 52.1 Å². The highest BCUT2D eigenvalue weighted by molar-refractivity contribution is 5.79. The molecule has 3 N–H and O–H groups in total. The van der Waals surface area contributed by atoms with Crippen LogP contribution in [0.25, 0.3) is 0 Å². The number of hydrogen-bond donors (Lipinski definition) is 3. The molecule has 1 unspecified atom stereocenters. The number of aliphatic imine (C=N–C) groups is 1. The van der Waals surface area contributed by atoms with Gasteiger partial charge in [0.25, 0.3) is 0 Å². The summed E-state index contributed by atoms with van der Waals surface area (Å²) in [7, 11) is 0. The van der Waals surface area contributed by atoms with E-state index in [0.717, 1.165) is 30.7 Å². The van der Waals surface area contributed by atoms with Crippen molar-refractivity contribution < 1.29 is 0 Å². The number of aromatic nitrogens is 2. The number of unbranched alkanes of at least 4 members (excludes halogenated alkanes) is 1. The number of guanidine groups is 1. The van der Waals surface area contributed by atoms with Gasteiger partial charge in [0, 0.05) is 19.3 Å². The highest BCUT2D eigenvalue weighted by Gasteiger charge is 2.07. The predicted octanol–water partition coefficient (Wildman–Crippen LogP) is 2.68. The van der Waals surface area contributed by atoms with Gasteiger partial charge in [-0.1, -0.05) is 33.1 Å². The molecular weight excluding hydrogens is 250 g/mol. The van der Waals surface area contributed by atoms with Gasteiger partial charge < -0.3 is 10.6 Å². The molecule has 0 aliphatic rings. The molecule has 1 aromatic rings. The highest BCUT2D eigenvalue weighted by atomic mass is 15.2. The Bertz CT molecular complexity index is 358. The van der Waals surface area contributed by atoms with E-state index in [0.29, 0.717) is 6.54 Å². The van der Waals surface area contributed by atoms with E-state index in [9.17, 15) is 0 Å². The Kier molecular flexibility index (Phi) is 8.51. The van der Waals surface area contributed by atoms with Gasteiger partial charge in [-0.2, -0.15) is 5.10 Å². The monoisotopic (exact) mass is 279 g/mol. The Balaban J connectivity index is 2.42. The smallest absolute Gasteiger partial charge is 0.191 e. The molecule has 5 heteroatoms. The molecule has 0 bridgehead atoms. The molecule has 20 heavy (non-hydrogen) atoms. The average molecular weight is 279 g/mol. The first kappa shape index (κ1) is 16.5. The summed E-state index contributed by atoms with van der Waals surface area (Å²) in [6, 6.07) is 1.95. The lowest BCUT2D eigenvalue weighted by atomic mass is 9.99. The molecule has 0 fully saturated rings. The largest absolute Gasteiger partial charge is 0.357 e. The summed E-state index contributed by atoms with van der Waals surface area (Å²) in [4.78, 5) is 4.57. The quantitative estimate of drug-likeness (QED) is 0.481. The van der Waals surface area contributed by atoms with E-state index in [2.05, 4.69) is 46.6 Å². The number of nitrogens with zero attached hydrogens (tertiary/aromatic N) is 2. The van der Waals surface area contributed by atoms with E-state index < -0.39 is 0 Å². The van der Waals surface area contributed by atoms with Gasteiger partial charge in [0.1, 0.15) is 0 Å². The van der Waals surface area contributed by atoms with Gasteiger partial charge in [-0.05, 0) is 25.3 Å². The summed E-state index contributed by atoms with van der Waals surface area (Å²) in [6.07, 6.45) is 6.84. The van der Waals surface area contributed by atoms with E-state index in [1.807, 2.05) is 6.07 Å². The van der Waals surface area contributed by atoms with Crippen molar-refractivity contribution in [3.8, 4) is 0 Å². The van der Waals surface area contributed by atoms with Crippen molar-refractivity contribution >= 4 is 5.96 Å². The maximum absolute atomic E-state index is 4.57. The second kappa shape index (κ2) is 10.3. The van der Waals surface area contributed by atoms with Crippen molar-refractivity contribution in [2.24, 2.45) is 10.9 Å². The minimum atomic E-state index is 0.626. The fourth-order valence-electron chi connectivity index (χ4n) is 2.06. The number of aromatic amines is 1. The van der Waals surface area contributed by atoms with Crippen LogP contribution in [0.4, 0.5) is 0 Å². The van der Waals surface area contributed by atoms with Crippen molar-refractivity contribution in [1.82, 2.24) is 20.8 Å². The van der Waals surface area contributed by atoms with Crippen LogP contribution in [0, 0.1) is 5.92 Å². The topological polar surface area (TPSA) is 65.1 Å². The van der Waals surface area contributed by atoms with Crippen LogP contribution in [0.15, 0.2) is 17.3 Å². The Hall–Kier alpha value is -1.52. The molecule has 5 nitrogen and oxygen atoms in total. The van der Waals surface area contributed by atoms with Crippen LogP contribution in [0.3, 0.4) is 0 Å². The van der Waals surface area contributed by atoms with Crippen molar-refractivity contribution in [3.63, 3.8) is 0 Å². The minimum absolute atomic E-state index is 0.626. The fraction of sp³-hybridized carbons (Fsp3) is 0.733. The summed E-state index contributed by atoms with van der Waals surface area (Å²) in [6.45, 7) is 9.08. The van der Waals surface area contributed by atoms with Gasteiger partial charge in [-0.15, -0.1) is 0 Å². The number of rotatable bonds is 9. The Labute approximate surface area is 122 Å². The maximum atomic E-state index is 4.57. The van der Waals surface area contributed by atoms with Crippen LogP contribution in [-0.4, -0.2) is 29.2 Å². The molecule has 0 aromatic carbocycles. The van der Waals surface area contributed by atoms with Gasteiger partial charge >= 0.3 is 0 Å². The summed E-state index contributed by atoms with van der Waals surface area (Å²) < 4.78 is 0. The van der Waals surface area contributed by atoms with Gasteiger partial charge in [-0.25, -0.2) is 4.99 Å². The number of nitrogens with one attached hydrogen (secondary N) is 3. The molecule has 114 valence electrons. The normalized spacial score (nSPS) is 13.2. The maximum Gasteiger partial charge on any atom is 0.191 e. The zero-order valence-corrected chi connectivity index (χ0v) is 13.1. The lowest BCUT2D eigenvalue weighted by Gasteiger charge is -2.17. The van der Waals surface area contributed by atoms with Crippen molar-refractivity contribution in [2.75, 3.05) is 13.1 Å². The number of hydrogen-bond acceptors (Lipinski definition) is 2. The third-order valence-corrected chi connectivity index (χ3v) is 3.41. The Morgan fingerprint density at radius 2 is 2.20 bits per heavy atom. The van der Waals surface area contributed by atoms with Crippen LogP contribution < -0.4 is 10.6 Å². The molecule has 0 radical (unpaired) electrons. The van der Waals surface area contributed by atoms with E-state index in [1.165, 1.54) is 25.7 Å². The molecule has 1 heterocycles.